The van der Waals surface area contributed by atoms with Crippen LogP contribution in [-0.4, -0.2) is 16.7 Å². The number of carbonyl (C=O) groups is 2. The van der Waals surface area contributed by atoms with Gasteiger partial charge in [0.25, 0.3) is 5.95 Å². The largest absolute Gasteiger partial charge is 0.480 e. The van der Waals surface area contributed by atoms with Gasteiger partial charge in [-0.1, -0.05) is 13.8 Å². The molecular weight excluding hydrogens is 220 g/mol. The summed E-state index contributed by atoms with van der Waals surface area (Å²) in [6, 6.07) is 0. The quantitative estimate of drug-likeness (QED) is 0.819. The highest BCUT2D eigenvalue weighted by Gasteiger charge is 2.33. The van der Waals surface area contributed by atoms with Crippen molar-refractivity contribution in [3.05, 3.63) is 16.9 Å². The Morgan fingerprint density at radius 2 is 2.18 bits per heavy atom. The van der Waals surface area contributed by atoms with Gasteiger partial charge in [-0.2, -0.15) is 0 Å². The monoisotopic (exact) mass is 236 g/mol. The van der Waals surface area contributed by atoms with Crippen molar-refractivity contribution < 1.29 is 19.1 Å². The molecule has 1 aromatic rings. The fourth-order valence-electron chi connectivity index (χ4n) is 2.32. The molecule has 0 saturated carbocycles. The Balaban J connectivity index is 2.48. The van der Waals surface area contributed by atoms with Gasteiger partial charge >= 0.3 is 0 Å². The lowest BCUT2D eigenvalue weighted by Gasteiger charge is -2.15. The van der Waals surface area contributed by atoms with E-state index >= 15 is 0 Å². The van der Waals surface area contributed by atoms with Gasteiger partial charge in [-0.05, 0) is 12.3 Å². The number of aromatic hydroxyl groups is 1. The second-order valence-corrected chi connectivity index (χ2v) is 4.69. The minimum atomic E-state index is -0.393. The van der Waals surface area contributed by atoms with Crippen LogP contribution in [0.25, 0.3) is 0 Å². The van der Waals surface area contributed by atoms with Crippen molar-refractivity contribution >= 4 is 11.6 Å². The minimum Gasteiger partial charge on any atom is -0.480 e. The van der Waals surface area contributed by atoms with Gasteiger partial charge in [0.2, 0.25) is 0 Å². The molecule has 17 heavy (non-hydrogen) atoms. The maximum absolute atomic E-state index is 11.9. The average Bonchev–Trinajstić information content (AvgIpc) is 2.54. The lowest BCUT2D eigenvalue weighted by molar-refractivity contribution is 0.0928. The molecule has 0 aromatic carbocycles. The highest BCUT2D eigenvalue weighted by molar-refractivity contribution is 6.11. The summed E-state index contributed by atoms with van der Waals surface area (Å²) in [6.45, 7) is 3.83. The van der Waals surface area contributed by atoms with E-state index in [1.165, 1.54) is 0 Å². The van der Waals surface area contributed by atoms with Gasteiger partial charge in [0, 0.05) is 19.3 Å². The number of ketones is 2. The van der Waals surface area contributed by atoms with Crippen LogP contribution in [-0.2, 0) is 6.42 Å². The molecular formula is C13H16O4. The van der Waals surface area contributed by atoms with Crippen molar-refractivity contribution in [1.29, 1.82) is 0 Å². The topological polar surface area (TPSA) is 67.5 Å². The molecule has 1 unspecified atom stereocenters. The Hall–Kier alpha value is -1.58. The summed E-state index contributed by atoms with van der Waals surface area (Å²) in [4.78, 5) is 23.8. The first-order valence-electron chi connectivity index (χ1n) is 5.95. The van der Waals surface area contributed by atoms with Gasteiger partial charge in [0.1, 0.15) is 11.3 Å². The van der Waals surface area contributed by atoms with E-state index in [9.17, 15) is 14.7 Å². The normalized spacial score (nSPS) is 19.2. The number of Topliss-reactive ketones (excluding diaryl/α,β-unsaturated/α-hetero) is 2. The van der Waals surface area contributed by atoms with Crippen LogP contribution in [0.2, 0.25) is 0 Å². The zero-order chi connectivity index (χ0) is 12.6. The molecule has 1 aliphatic rings. The van der Waals surface area contributed by atoms with Crippen LogP contribution in [0.3, 0.4) is 0 Å². The maximum Gasteiger partial charge on any atom is 0.294 e. The van der Waals surface area contributed by atoms with E-state index in [1.54, 1.807) is 0 Å². The summed E-state index contributed by atoms with van der Waals surface area (Å²) in [5.74, 6) is -0.0311. The van der Waals surface area contributed by atoms with Crippen molar-refractivity contribution in [1.82, 2.24) is 0 Å². The molecule has 1 aliphatic carbocycles. The molecule has 1 heterocycles. The number of carbonyl (C=O) groups excluding carboxylic acids is 2. The highest BCUT2D eigenvalue weighted by Crippen LogP contribution is 2.36. The molecule has 0 bridgehead atoms. The fourth-order valence-corrected chi connectivity index (χ4v) is 2.32. The average molecular weight is 236 g/mol. The standard InChI is InChI=1S/C13H16O4/c1-3-4-8(14)12-11-9(15)5-7(2)6-10(11)17-13(12)16/h7,16H,3-6H2,1-2H3. The van der Waals surface area contributed by atoms with Crippen LogP contribution in [0.1, 0.15) is 59.6 Å². The molecule has 0 aliphatic heterocycles. The Kier molecular flexibility index (Phi) is 3.05. The number of fused-ring (bicyclic) bond motifs is 1. The summed E-state index contributed by atoms with van der Waals surface area (Å²) in [6.07, 6.45) is 2.03. The minimum absolute atomic E-state index is 0.0951. The smallest absolute Gasteiger partial charge is 0.294 e. The van der Waals surface area contributed by atoms with E-state index in [0.29, 0.717) is 37.0 Å². The summed E-state index contributed by atoms with van der Waals surface area (Å²) in [5.41, 5.74) is 0.415. The molecule has 0 saturated heterocycles. The number of hydrogen-bond donors (Lipinski definition) is 1. The number of furan rings is 1. The Morgan fingerprint density at radius 3 is 2.82 bits per heavy atom. The highest BCUT2D eigenvalue weighted by atomic mass is 16.5. The van der Waals surface area contributed by atoms with Gasteiger partial charge in [-0.3, -0.25) is 9.59 Å². The molecule has 1 aromatic heterocycles. The summed E-state index contributed by atoms with van der Waals surface area (Å²) >= 11 is 0. The van der Waals surface area contributed by atoms with Crippen LogP contribution in [0.5, 0.6) is 5.95 Å². The lowest BCUT2D eigenvalue weighted by atomic mass is 9.86. The predicted octanol–water partition coefficient (Wildman–Crippen LogP) is 2.73. The van der Waals surface area contributed by atoms with E-state index in [4.69, 9.17) is 4.42 Å². The summed E-state index contributed by atoms with van der Waals surface area (Å²) in [7, 11) is 0. The van der Waals surface area contributed by atoms with Crippen molar-refractivity contribution in [3.63, 3.8) is 0 Å². The second kappa shape index (κ2) is 4.35. The first kappa shape index (κ1) is 11.9. The van der Waals surface area contributed by atoms with E-state index in [2.05, 4.69) is 0 Å². The first-order valence-corrected chi connectivity index (χ1v) is 5.95. The van der Waals surface area contributed by atoms with E-state index in [0.717, 1.165) is 0 Å². The zero-order valence-electron chi connectivity index (χ0n) is 10.1. The molecule has 4 heteroatoms. The van der Waals surface area contributed by atoms with Crippen LogP contribution >= 0.6 is 0 Å². The van der Waals surface area contributed by atoms with Crippen molar-refractivity contribution in [3.8, 4) is 5.95 Å². The zero-order valence-corrected chi connectivity index (χ0v) is 10.1. The molecule has 4 nitrogen and oxygen atoms in total. The van der Waals surface area contributed by atoms with Crippen LogP contribution in [0.4, 0.5) is 0 Å². The molecule has 0 fully saturated rings. The van der Waals surface area contributed by atoms with Gasteiger partial charge in [-0.25, -0.2) is 0 Å². The van der Waals surface area contributed by atoms with Crippen LogP contribution in [0, 0.1) is 5.92 Å². The Bertz CT molecular complexity index is 470. The molecule has 0 radical (unpaired) electrons. The van der Waals surface area contributed by atoms with Crippen molar-refractivity contribution in [2.24, 2.45) is 5.92 Å². The van der Waals surface area contributed by atoms with E-state index < -0.39 is 5.95 Å². The summed E-state index contributed by atoms with van der Waals surface area (Å²) < 4.78 is 5.16. The van der Waals surface area contributed by atoms with Crippen LogP contribution in [0.15, 0.2) is 4.42 Å². The van der Waals surface area contributed by atoms with E-state index in [1.807, 2.05) is 13.8 Å². The SMILES string of the molecule is CCCC(=O)c1c(O)oc2c1C(=O)CC(C)C2. The third-order valence-corrected chi connectivity index (χ3v) is 3.07. The van der Waals surface area contributed by atoms with Crippen molar-refractivity contribution in [2.45, 2.75) is 39.5 Å². The maximum atomic E-state index is 11.9. The fraction of sp³-hybridized carbons (Fsp3) is 0.538. The third kappa shape index (κ3) is 1.99. The molecule has 0 spiro atoms. The first-order chi connectivity index (χ1) is 8.04. The molecule has 2 rings (SSSR count). The second-order valence-electron chi connectivity index (χ2n) is 4.69. The Labute approximate surface area is 99.6 Å². The van der Waals surface area contributed by atoms with Crippen molar-refractivity contribution in [2.75, 3.05) is 0 Å². The predicted molar refractivity (Wildman–Crippen MR) is 61.4 cm³/mol. The molecule has 0 amide bonds. The number of rotatable bonds is 3. The number of hydrogen-bond acceptors (Lipinski definition) is 4. The molecule has 1 atom stereocenters. The van der Waals surface area contributed by atoms with E-state index in [-0.39, 0.29) is 23.0 Å². The van der Waals surface area contributed by atoms with Gasteiger partial charge in [0.15, 0.2) is 11.6 Å². The van der Waals surface area contributed by atoms with Crippen LogP contribution < -0.4 is 0 Å². The van der Waals surface area contributed by atoms with Gasteiger partial charge < -0.3 is 9.52 Å². The van der Waals surface area contributed by atoms with Gasteiger partial charge in [-0.15, -0.1) is 0 Å². The molecule has 1 N–H and O–H groups in total. The Morgan fingerprint density at radius 1 is 1.47 bits per heavy atom. The van der Waals surface area contributed by atoms with Gasteiger partial charge in [0.05, 0.1) is 5.56 Å². The molecule has 92 valence electrons. The summed E-state index contributed by atoms with van der Waals surface area (Å²) in [5, 5.41) is 9.66. The third-order valence-electron chi connectivity index (χ3n) is 3.07. The lowest BCUT2D eigenvalue weighted by Crippen LogP contribution is -2.18.